The minimum Gasteiger partial charge on any atom is -0.756 e. The maximum atomic E-state index is 12.6. The van der Waals surface area contributed by atoms with E-state index in [0.717, 1.165) is 38.5 Å². The van der Waals surface area contributed by atoms with Crippen LogP contribution in [-0.4, -0.2) is 68.5 Å². The van der Waals surface area contributed by atoms with Gasteiger partial charge in [-0.3, -0.25) is 9.36 Å². The Hall–Kier alpha value is -0.500. The number of aliphatic hydroxyl groups is 1. The van der Waals surface area contributed by atoms with Crippen LogP contribution in [0.2, 0.25) is 0 Å². The monoisotopic (exact) mass is 620 g/mol. The molecule has 0 aliphatic heterocycles. The lowest BCUT2D eigenvalue weighted by atomic mass is 10.0. The third-order valence-corrected chi connectivity index (χ3v) is 8.81. The molecule has 3 atom stereocenters. The molecule has 0 aromatic rings. The summed E-state index contributed by atoms with van der Waals surface area (Å²) in [6.07, 6.45) is 24.6. The summed E-state index contributed by atoms with van der Waals surface area (Å²) in [7, 11) is 1.30. The van der Waals surface area contributed by atoms with Gasteiger partial charge in [-0.25, -0.2) is 0 Å². The van der Waals surface area contributed by atoms with E-state index in [1.54, 1.807) is 0 Å². The largest absolute Gasteiger partial charge is 0.756 e. The second-order valence-corrected chi connectivity index (χ2v) is 14.6. The summed E-state index contributed by atoms with van der Waals surface area (Å²) in [5, 5.41) is 13.5. The van der Waals surface area contributed by atoms with E-state index >= 15 is 0 Å². The van der Waals surface area contributed by atoms with Gasteiger partial charge in [0.15, 0.2) is 0 Å². The van der Waals surface area contributed by atoms with Gasteiger partial charge >= 0.3 is 0 Å². The highest BCUT2D eigenvalue weighted by Crippen LogP contribution is 2.38. The van der Waals surface area contributed by atoms with Crippen LogP contribution in [0.3, 0.4) is 0 Å². The van der Waals surface area contributed by atoms with Crippen LogP contribution in [-0.2, 0) is 18.4 Å². The molecule has 0 heterocycles. The number of phosphoric acid groups is 1. The van der Waals surface area contributed by atoms with E-state index in [4.69, 9.17) is 9.05 Å². The number of nitrogens with zero attached hydrogens (tertiary/aromatic N) is 1. The number of hydrogen-bond donors (Lipinski definition) is 2. The molecule has 0 saturated carbocycles. The van der Waals surface area contributed by atoms with Gasteiger partial charge in [0.25, 0.3) is 7.82 Å². The van der Waals surface area contributed by atoms with E-state index in [2.05, 4.69) is 19.2 Å². The third kappa shape index (κ3) is 28.3. The van der Waals surface area contributed by atoms with E-state index in [1.165, 1.54) is 89.9 Å². The molecule has 0 spiro atoms. The second-order valence-electron chi connectivity index (χ2n) is 13.2. The average molecular weight is 621 g/mol. The van der Waals surface area contributed by atoms with Crippen LogP contribution in [0.15, 0.2) is 0 Å². The number of amides is 1. The van der Waals surface area contributed by atoms with Crippen LogP contribution in [0, 0.1) is 0 Å². The van der Waals surface area contributed by atoms with E-state index in [9.17, 15) is 19.4 Å². The van der Waals surface area contributed by atoms with Gasteiger partial charge in [-0.2, -0.15) is 0 Å². The van der Waals surface area contributed by atoms with Gasteiger partial charge in [0.1, 0.15) is 13.2 Å². The molecular formula is C33H69N2O6P. The van der Waals surface area contributed by atoms with Gasteiger partial charge in [0, 0.05) is 6.42 Å². The van der Waals surface area contributed by atoms with Crippen molar-refractivity contribution in [1.29, 1.82) is 0 Å². The van der Waals surface area contributed by atoms with Crippen LogP contribution in [0.1, 0.15) is 155 Å². The smallest absolute Gasteiger partial charge is 0.268 e. The molecule has 0 radical (unpaired) electrons. The quantitative estimate of drug-likeness (QED) is 0.0468. The standard InChI is InChI=1S/C33H69N2O6P/c1-6-8-10-11-12-13-14-15-16-17-18-19-20-21-22-23-25-27-33(37)34-31(32(36)26-24-9-7-2)30-41-42(38,39)40-29-28-35(3,4)5/h31-32,36H,6-30H2,1-5H3,(H-,34,37,38,39). The number of unbranched alkanes of at least 4 members (excludes halogenated alkanes) is 18. The molecule has 9 heteroatoms. The number of nitrogens with one attached hydrogen (secondary N) is 1. The molecule has 1 amide bonds. The van der Waals surface area contributed by atoms with Gasteiger partial charge in [0.2, 0.25) is 5.91 Å². The number of carbonyl (C=O) groups excluding carboxylic acids is 1. The fourth-order valence-electron chi connectivity index (χ4n) is 4.98. The molecule has 0 aromatic heterocycles. The van der Waals surface area contributed by atoms with Crippen LogP contribution in [0.4, 0.5) is 0 Å². The van der Waals surface area contributed by atoms with Crippen molar-refractivity contribution >= 4 is 13.7 Å². The van der Waals surface area contributed by atoms with Crippen molar-refractivity contribution in [2.24, 2.45) is 0 Å². The summed E-state index contributed by atoms with van der Waals surface area (Å²) in [5.41, 5.74) is 0. The summed E-state index contributed by atoms with van der Waals surface area (Å²) in [6, 6.07) is -0.788. The lowest BCUT2D eigenvalue weighted by Gasteiger charge is -2.30. The molecular weight excluding hydrogens is 551 g/mol. The van der Waals surface area contributed by atoms with Gasteiger partial charge in [-0.15, -0.1) is 0 Å². The summed E-state index contributed by atoms with van der Waals surface area (Å²) in [4.78, 5) is 24.8. The van der Waals surface area contributed by atoms with Gasteiger partial charge < -0.3 is 28.8 Å². The molecule has 0 fully saturated rings. The number of quaternary nitrogens is 1. The molecule has 42 heavy (non-hydrogen) atoms. The molecule has 2 N–H and O–H groups in total. The van der Waals surface area contributed by atoms with Crippen LogP contribution >= 0.6 is 7.82 Å². The number of likely N-dealkylation sites (N-methyl/N-ethyl adjacent to an activating group) is 1. The lowest BCUT2D eigenvalue weighted by Crippen LogP contribution is -2.46. The summed E-state index contributed by atoms with van der Waals surface area (Å²) in [5.74, 6) is -0.175. The van der Waals surface area contributed by atoms with E-state index in [0.29, 0.717) is 23.9 Å². The van der Waals surface area contributed by atoms with Crippen molar-refractivity contribution in [3.05, 3.63) is 0 Å². The van der Waals surface area contributed by atoms with Gasteiger partial charge in [0.05, 0.1) is 39.9 Å². The molecule has 8 nitrogen and oxygen atoms in total. The maximum absolute atomic E-state index is 12.6. The molecule has 252 valence electrons. The predicted octanol–water partition coefficient (Wildman–Crippen LogP) is 7.66. The topological polar surface area (TPSA) is 108 Å². The Bertz CT molecular complexity index is 673. The zero-order valence-electron chi connectivity index (χ0n) is 28.2. The fourth-order valence-corrected chi connectivity index (χ4v) is 5.70. The molecule has 0 aliphatic rings. The Morgan fingerprint density at radius 2 is 1.17 bits per heavy atom. The van der Waals surface area contributed by atoms with Crippen LogP contribution in [0.25, 0.3) is 0 Å². The van der Waals surface area contributed by atoms with Crippen molar-refractivity contribution in [2.45, 2.75) is 167 Å². The first-order valence-corrected chi connectivity index (χ1v) is 18.8. The van der Waals surface area contributed by atoms with Crippen molar-refractivity contribution in [3.63, 3.8) is 0 Å². The molecule has 0 rings (SSSR count). The predicted molar refractivity (Wildman–Crippen MR) is 173 cm³/mol. The van der Waals surface area contributed by atoms with E-state index < -0.39 is 20.0 Å². The number of hydrogen-bond acceptors (Lipinski definition) is 6. The molecule has 0 aromatic carbocycles. The zero-order valence-corrected chi connectivity index (χ0v) is 29.1. The minimum atomic E-state index is -4.53. The normalized spacial score (nSPS) is 14.9. The minimum absolute atomic E-state index is 0.0136. The van der Waals surface area contributed by atoms with Crippen molar-refractivity contribution in [1.82, 2.24) is 5.32 Å². The van der Waals surface area contributed by atoms with Crippen molar-refractivity contribution in [3.8, 4) is 0 Å². The third-order valence-electron chi connectivity index (χ3n) is 7.85. The van der Waals surface area contributed by atoms with Gasteiger partial charge in [-0.1, -0.05) is 136 Å². The number of carbonyl (C=O) groups is 1. The first kappa shape index (κ1) is 41.5. The molecule has 0 aliphatic carbocycles. The lowest BCUT2D eigenvalue weighted by molar-refractivity contribution is -0.870. The van der Waals surface area contributed by atoms with Gasteiger partial charge in [-0.05, 0) is 12.8 Å². The Morgan fingerprint density at radius 1 is 0.738 bits per heavy atom. The number of aliphatic hydroxyl groups excluding tert-OH is 1. The molecule has 3 unspecified atom stereocenters. The Balaban J connectivity index is 4.09. The Kier molecular flexibility index (Phi) is 26.5. The van der Waals surface area contributed by atoms with Crippen molar-refractivity contribution < 1.29 is 32.9 Å². The summed E-state index contributed by atoms with van der Waals surface area (Å²) < 4.78 is 22.8. The fraction of sp³-hybridized carbons (Fsp3) is 0.970. The summed E-state index contributed by atoms with van der Waals surface area (Å²) in [6.45, 7) is 4.54. The van der Waals surface area contributed by atoms with Crippen LogP contribution in [0.5, 0.6) is 0 Å². The highest BCUT2D eigenvalue weighted by molar-refractivity contribution is 7.45. The highest BCUT2D eigenvalue weighted by Gasteiger charge is 2.24. The average Bonchev–Trinajstić information content (AvgIpc) is 2.92. The number of phosphoric ester groups is 1. The van der Waals surface area contributed by atoms with Crippen LogP contribution < -0.4 is 10.2 Å². The first-order chi connectivity index (χ1) is 20.0. The molecule has 0 saturated heterocycles. The Labute approximate surface area is 259 Å². The highest BCUT2D eigenvalue weighted by atomic mass is 31.2. The summed E-state index contributed by atoms with van der Waals surface area (Å²) >= 11 is 0. The van der Waals surface area contributed by atoms with E-state index in [1.807, 2.05) is 21.1 Å². The number of rotatable bonds is 31. The first-order valence-electron chi connectivity index (χ1n) is 17.4. The second kappa shape index (κ2) is 26.9. The van der Waals surface area contributed by atoms with Crippen molar-refractivity contribution in [2.75, 3.05) is 40.9 Å². The SMILES string of the molecule is CCCCCCCCCCCCCCCCCCCC(=O)NC(COP(=O)([O-])OCC[N+](C)(C)C)C(O)CCCCC. The Morgan fingerprint density at radius 3 is 1.62 bits per heavy atom. The maximum Gasteiger partial charge on any atom is 0.268 e. The molecule has 0 bridgehead atoms. The van der Waals surface area contributed by atoms with E-state index in [-0.39, 0.29) is 19.1 Å². The zero-order chi connectivity index (χ0) is 31.5.